The van der Waals surface area contributed by atoms with Gasteiger partial charge in [-0.25, -0.2) is 9.37 Å². The summed E-state index contributed by atoms with van der Waals surface area (Å²) in [5.41, 5.74) is 4.50. The van der Waals surface area contributed by atoms with Gasteiger partial charge < -0.3 is 19.1 Å². The summed E-state index contributed by atoms with van der Waals surface area (Å²) in [5.74, 6) is 1.65. The van der Waals surface area contributed by atoms with Gasteiger partial charge in [0.25, 0.3) is 0 Å². The quantitative estimate of drug-likeness (QED) is 0.378. The molecule has 0 spiro atoms. The van der Waals surface area contributed by atoms with Crippen LogP contribution in [0.1, 0.15) is 22.3 Å². The van der Waals surface area contributed by atoms with Crippen LogP contribution in [0.2, 0.25) is 0 Å². The Bertz CT molecular complexity index is 1410. The zero-order valence-corrected chi connectivity index (χ0v) is 19.9. The maximum atomic E-state index is 13.1. The van der Waals surface area contributed by atoms with E-state index in [0.717, 1.165) is 35.6 Å². The third-order valence-corrected chi connectivity index (χ3v) is 6.17. The van der Waals surface area contributed by atoms with Crippen LogP contribution in [-0.4, -0.2) is 43.4 Å². The molecule has 1 saturated heterocycles. The Hall–Kier alpha value is -4.22. The third kappa shape index (κ3) is 5.07. The lowest BCUT2D eigenvalue weighted by atomic mass is 9.98. The first-order valence-corrected chi connectivity index (χ1v) is 11.7. The number of nitrogens with zero attached hydrogens (tertiary/aromatic N) is 4. The van der Waals surface area contributed by atoms with Crippen LogP contribution >= 0.6 is 0 Å². The Balaban J connectivity index is 1.39. The Kier molecular flexibility index (Phi) is 6.92. The van der Waals surface area contributed by atoms with Crippen LogP contribution in [0.15, 0.2) is 60.8 Å². The van der Waals surface area contributed by atoms with Crippen LogP contribution in [0.25, 0.3) is 11.0 Å². The van der Waals surface area contributed by atoms with E-state index in [4.69, 9.17) is 19.2 Å². The fourth-order valence-electron chi connectivity index (χ4n) is 4.23. The number of rotatable bonds is 7. The number of anilines is 1. The second-order valence-corrected chi connectivity index (χ2v) is 8.48. The van der Waals surface area contributed by atoms with E-state index in [-0.39, 0.29) is 5.82 Å². The molecule has 1 aromatic heterocycles. The number of halogens is 1. The first-order chi connectivity index (χ1) is 17.6. The molecule has 0 saturated carbocycles. The van der Waals surface area contributed by atoms with Gasteiger partial charge in [-0.2, -0.15) is 5.26 Å². The van der Waals surface area contributed by atoms with E-state index in [2.05, 4.69) is 16.0 Å². The standard InChI is InChI=1S/C28H25FN4O3/c1-34-26-15-20(4-9-25(26)36-18-19-2-6-22(29)7-3-19)14-21-5-8-24-28(23(21)16-30)32-27(17-31-24)33-10-12-35-13-11-33/h2-9,15,17H,10-14,18H2,1H3. The van der Waals surface area contributed by atoms with Crippen molar-refractivity contribution < 1.29 is 18.6 Å². The Morgan fingerprint density at radius 2 is 1.81 bits per heavy atom. The lowest BCUT2D eigenvalue weighted by Gasteiger charge is -2.27. The molecule has 0 amide bonds. The zero-order chi connectivity index (χ0) is 24.9. The van der Waals surface area contributed by atoms with Crippen molar-refractivity contribution in [2.24, 2.45) is 0 Å². The molecule has 0 aliphatic carbocycles. The highest BCUT2D eigenvalue weighted by Crippen LogP contribution is 2.31. The molecule has 5 rings (SSSR count). The van der Waals surface area contributed by atoms with Crippen LogP contribution < -0.4 is 14.4 Å². The molecule has 0 radical (unpaired) electrons. The minimum Gasteiger partial charge on any atom is -0.493 e. The highest BCUT2D eigenvalue weighted by Gasteiger charge is 2.17. The average Bonchev–Trinajstić information content (AvgIpc) is 2.93. The predicted molar refractivity (Wildman–Crippen MR) is 134 cm³/mol. The predicted octanol–water partition coefficient (Wildman–Crippen LogP) is 4.66. The molecule has 1 aliphatic heterocycles. The highest BCUT2D eigenvalue weighted by molar-refractivity contribution is 5.83. The minimum atomic E-state index is -0.283. The molecule has 2 heterocycles. The van der Waals surface area contributed by atoms with Gasteiger partial charge in [0, 0.05) is 13.1 Å². The molecule has 3 aromatic carbocycles. The Labute approximate surface area is 208 Å². The van der Waals surface area contributed by atoms with E-state index in [1.807, 2.05) is 30.3 Å². The number of methoxy groups -OCH3 is 1. The molecule has 0 atom stereocenters. The van der Waals surface area contributed by atoms with Crippen LogP contribution in [0, 0.1) is 17.1 Å². The van der Waals surface area contributed by atoms with Crippen molar-refractivity contribution in [2.75, 3.05) is 38.3 Å². The van der Waals surface area contributed by atoms with Gasteiger partial charge in [-0.1, -0.05) is 24.3 Å². The zero-order valence-electron chi connectivity index (χ0n) is 19.9. The Morgan fingerprint density at radius 3 is 2.56 bits per heavy atom. The number of benzene rings is 3. The summed E-state index contributed by atoms with van der Waals surface area (Å²) in [7, 11) is 1.59. The van der Waals surface area contributed by atoms with Gasteiger partial charge >= 0.3 is 0 Å². The van der Waals surface area contributed by atoms with E-state index < -0.39 is 0 Å². The van der Waals surface area contributed by atoms with Gasteiger partial charge in [-0.3, -0.25) is 4.98 Å². The number of aromatic nitrogens is 2. The molecule has 0 bridgehead atoms. The topological polar surface area (TPSA) is 80.5 Å². The summed E-state index contributed by atoms with van der Waals surface area (Å²) in [6, 6.07) is 18.1. The molecule has 1 fully saturated rings. The van der Waals surface area contributed by atoms with Crippen molar-refractivity contribution >= 4 is 16.9 Å². The van der Waals surface area contributed by atoms with Gasteiger partial charge in [-0.05, 0) is 53.4 Å². The van der Waals surface area contributed by atoms with Crippen molar-refractivity contribution in [1.82, 2.24) is 9.97 Å². The normalized spacial score (nSPS) is 13.4. The van der Waals surface area contributed by atoms with E-state index in [1.165, 1.54) is 12.1 Å². The fraction of sp³-hybridized carbons (Fsp3) is 0.250. The van der Waals surface area contributed by atoms with E-state index in [1.54, 1.807) is 25.4 Å². The number of nitriles is 1. The molecule has 36 heavy (non-hydrogen) atoms. The SMILES string of the molecule is COc1cc(Cc2ccc3ncc(N4CCOCC4)nc3c2C#N)ccc1OCc1ccc(F)cc1. The van der Waals surface area contributed by atoms with Gasteiger partial charge in [-0.15, -0.1) is 0 Å². The van der Waals surface area contributed by atoms with Gasteiger partial charge in [0.15, 0.2) is 11.5 Å². The van der Waals surface area contributed by atoms with Crippen LogP contribution in [0.5, 0.6) is 11.5 Å². The molecular weight excluding hydrogens is 459 g/mol. The molecule has 1 aliphatic rings. The molecule has 4 aromatic rings. The molecular formula is C28H25FN4O3. The lowest BCUT2D eigenvalue weighted by Crippen LogP contribution is -2.36. The van der Waals surface area contributed by atoms with Crippen LogP contribution in [-0.2, 0) is 17.8 Å². The Morgan fingerprint density at radius 1 is 1.03 bits per heavy atom. The molecule has 0 unspecified atom stereocenters. The van der Waals surface area contributed by atoms with Crippen molar-refractivity contribution in [2.45, 2.75) is 13.0 Å². The monoisotopic (exact) mass is 484 g/mol. The summed E-state index contributed by atoms with van der Waals surface area (Å²) in [6.45, 7) is 3.09. The van der Waals surface area contributed by atoms with Crippen LogP contribution in [0.4, 0.5) is 10.2 Å². The number of fused-ring (bicyclic) bond motifs is 1. The van der Waals surface area contributed by atoms with Gasteiger partial charge in [0.1, 0.15) is 29.8 Å². The van der Waals surface area contributed by atoms with Crippen LogP contribution in [0.3, 0.4) is 0 Å². The summed E-state index contributed by atoms with van der Waals surface area (Å²) in [4.78, 5) is 11.5. The average molecular weight is 485 g/mol. The first kappa shape index (κ1) is 23.5. The summed E-state index contributed by atoms with van der Waals surface area (Å²) >= 11 is 0. The number of ether oxygens (including phenoxy) is 3. The highest BCUT2D eigenvalue weighted by atomic mass is 19.1. The van der Waals surface area contributed by atoms with Crippen molar-refractivity contribution in [1.29, 1.82) is 5.26 Å². The fourth-order valence-corrected chi connectivity index (χ4v) is 4.23. The van der Waals surface area contributed by atoms with Crippen molar-refractivity contribution in [3.63, 3.8) is 0 Å². The molecule has 8 heteroatoms. The van der Waals surface area contributed by atoms with Crippen molar-refractivity contribution in [3.05, 3.63) is 88.9 Å². The second-order valence-electron chi connectivity index (χ2n) is 8.48. The molecule has 182 valence electrons. The maximum absolute atomic E-state index is 13.1. The third-order valence-electron chi connectivity index (χ3n) is 6.17. The van der Waals surface area contributed by atoms with E-state index >= 15 is 0 Å². The van der Waals surface area contributed by atoms with E-state index in [9.17, 15) is 9.65 Å². The summed E-state index contributed by atoms with van der Waals surface area (Å²) < 4.78 is 30.0. The lowest BCUT2D eigenvalue weighted by molar-refractivity contribution is 0.122. The smallest absolute Gasteiger partial charge is 0.161 e. The second kappa shape index (κ2) is 10.6. The van der Waals surface area contributed by atoms with E-state index in [0.29, 0.717) is 54.3 Å². The summed E-state index contributed by atoms with van der Waals surface area (Å²) in [5, 5.41) is 10.0. The molecule has 7 nitrogen and oxygen atoms in total. The van der Waals surface area contributed by atoms with Crippen molar-refractivity contribution in [3.8, 4) is 17.6 Å². The number of morpholine rings is 1. The minimum absolute atomic E-state index is 0.283. The maximum Gasteiger partial charge on any atom is 0.161 e. The van der Waals surface area contributed by atoms with Gasteiger partial charge in [0.2, 0.25) is 0 Å². The largest absolute Gasteiger partial charge is 0.493 e. The summed E-state index contributed by atoms with van der Waals surface area (Å²) in [6.07, 6.45) is 2.28. The number of hydrogen-bond donors (Lipinski definition) is 0. The first-order valence-electron chi connectivity index (χ1n) is 11.7. The number of hydrogen-bond acceptors (Lipinski definition) is 7. The van der Waals surface area contributed by atoms with Gasteiger partial charge in [0.05, 0.1) is 37.6 Å². The molecule has 0 N–H and O–H groups in total.